The molecule has 0 aliphatic carbocycles. The number of ether oxygens (including phenoxy) is 1. The van der Waals surface area contributed by atoms with Gasteiger partial charge in [0.2, 0.25) is 5.91 Å². The number of sulfone groups is 1. The smallest absolute Gasteiger partial charge is 0.235 e. The van der Waals surface area contributed by atoms with Gasteiger partial charge in [0.15, 0.2) is 9.84 Å². The fourth-order valence-electron chi connectivity index (χ4n) is 0.817. The van der Waals surface area contributed by atoms with Gasteiger partial charge < -0.3 is 10.1 Å². The van der Waals surface area contributed by atoms with Gasteiger partial charge in [0, 0.05) is 20.1 Å². The molecule has 0 bridgehead atoms. The summed E-state index contributed by atoms with van der Waals surface area (Å²) in [6, 6.07) is 1.72. The van der Waals surface area contributed by atoms with E-state index in [0.717, 1.165) is 0 Å². The summed E-state index contributed by atoms with van der Waals surface area (Å²) >= 11 is 0. The van der Waals surface area contributed by atoms with E-state index in [9.17, 15) is 13.2 Å². The van der Waals surface area contributed by atoms with Crippen LogP contribution in [-0.4, -0.2) is 46.1 Å². The molecule has 7 heteroatoms. The summed E-state index contributed by atoms with van der Waals surface area (Å²) in [7, 11) is -1.97. The molecule has 0 aromatic rings. The van der Waals surface area contributed by atoms with E-state index in [1.54, 1.807) is 6.07 Å². The Balaban J connectivity index is 3.90. The first-order chi connectivity index (χ1) is 7.02. The molecular weight excluding hydrogens is 220 g/mol. The number of carbonyl (C=O) groups is 1. The molecule has 0 saturated heterocycles. The van der Waals surface area contributed by atoms with Crippen molar-refractivity contribution in [3.05, 3.63) is 0 Å². The highest BCUT2D eigenvalue weighted by Gasteiger charge is 2.15. The lowest BCUT2D eigenvalue weighted by molar-refractivity contribution is -0.118. The number of nitrogens with zero attached hydrogens (tertiary/aromatic N) is 1. The van der Waals surface area contributed by atoms with Crippen molar-refractivity contribution in [1.29, 1.82) is 5.26 Å². The van der Waals surface area contributed by atoms with E-state index in [1.807, 2.05) is 0 Å². The Hall–Kier alpha value is -1.13. The van der Waals surface area contributed by atoms with Crippen LogP contribution >= 0.6 is 0 Å². The lowest BCUT2D eigenvalue weighted by atomic mass is 10.6. The van der Waals surface area contributed by atoms with Crippen molar-refractivity contribution in [2.45, 2.75) is 6.42 Å². The first-order valence-electron chi connectivity index (χ1n) is 4.35. The summed E-state index contributed by atoms with van der Waals surface area (Å²) in [5.41, 5.74) is 0. The van der Waals surface area contributed by atoms with Crippen molar-refractivity contribution in [1.82, 2.24) is 5.32 Å². The largest absolute Gasteiger partial charge is 0.383 e. The topological polar surface area (TPSA) is 96.3 Å². The highest BCUT2D eigenvalue weighted by molar-refractivity contribution is 7.92. The Bertz CT molecular complexity index is 331. The average Bonchev–Trinajstić information content (AvgIpc) is 2.14. The van der Waals surface area contributed by atoms with E-state index in [4.69, 9.17) is 5.26 Å². The number of rotatable bonds is 7. The van der Waals surface area contributed by atoms with Gasteiger partial charge in [-0.05, 0) is 0 Å². The van der Waals surface area contributed by atoms with Crippen LogP contribution in [0.5, 0.6) is 0 Å². The summed E-state index contributed by atoms with van der Waals surface area (Å²) in [5, 5.41) is 10.6. The van der Waals surface area contributed by atoms with Crippen molar-refractivity contribution < 1.29 is 17.9 Å². The normalized spacial score (nSPS) is 10.7. The molecule has 0 fully saturated rings. The van der Waals surface area contributed by atoms with Gasteiger partial charge in [-0.3, -0.25) is 4.79 Å². The van der Waals surface area contributed by atoms with Crippen LogP contribution in [0.4, 0.5) is 0 Å². The predicted octanol–water partition coefficient (Wildman–Crippen LogP) is -0.923. The summed E-state index contributed by atoms with van der Waals surface area (Å²) in [4.78, 5) is 11.1. The predicted molar refractivity (Wildman–Crippen MR) is 53.8 cm³/mol. The minimum atomic E-state index is -3.46. The molecule has 0 radical (unpaired) electrons. The average molecular weight is 234 g/mol. The van der Waals surface area contributed by atoms with E-state index in [0.29, 0.717) is 6.61 Å². The third-order valence-electron chi connectivity index (χ3n) is 1.50. The second-order valence-corrected chi connectivity index (χ2v) is 5.03. The van der Waals surface area contributed by atoms with Crippen molar-refractivity contribution >= 4 is 15.7 Å². The Morgan fingerprint density at radius 1 is 1.53 bits per heavy atom. The molecule has 0 rings (SSSR count). The summed E-state index contributed by atoms with van der Waals surface area (Å²) < 4.78 is 27.1. The molecule has 0 aromatic carbocycles. The lowest BCUT2D eigenvalue weighted by Gasteiger charge is -2.04. The van der Waals surface area contributed by atoms with Crippen LogP contribution in [0.15, 0.2) is 0 Å². The number of nitriles is 1. The molecule has 15 heavy (non-hydrogen) atoms. The van der Waals surface area contributed by atoms with Crippen LogP contribution in [-0.2, 0) is 19.4 Å². The van der Waals surface area contributed by atoms with Crippen molar-refractivity contribution in [2.24, 2.45) is 0 Å². The number of carbonyl (C=O) groups excluding carboxylic acids is 1. The minimum Gasteiger partial charge on any atom is -0.383 e. The fourth-order valence-corrected chi connectivity index (χ4v) is 1.86. The molecule has 6 nitrogen and oxygen atoms in total. The lowest BCUT2D eigenvalue weighted by Crippen LogP contribution is -2.33. The highest BCUT2D eigenvalue weighted by atomic mass is 32.2. The number of nitrogens with one attached hydrogen (secondary N) is 1. The molecule has 0 aliphatic heterocycles. The highest BCUT2D eigenvalue weighted by Crippen LogP contribution is 1.92. The van der Waals surface area contributed by atoms with Gasteiger partial charge in [-0.1, -0.05) is 0 Å². The summed E-state index contributed by atoms with van der Waals surface area (Å²) in [6.45, 7) is 0.618. The number of methoxy groups -OCH3 is 1. The SMILES string of the molecule is COCCNC(=O)CS(=O)(=O)CCC#N. The van der Waals surface area contributed by atoms with E-state index >= 15 is 0 Å². The van der Waals surface area contributed by atoms with E-state index in [1.165, 1.54) is 7.11 Å². The molecule has 1 amide bonds. The maximum Gasteiger partial charge on any atom is 0.235 e. The van der Waals surface area contributed by atoms with Gasteiger partial charge in [0.1, 0.15) is 5.75 Å². The first-order valence-corrected chi connectivity index (χ1v) is 6.17. The molecule has 1 N–H and O–H groups in total. The van der Waals surface area contributed by atoms with Gasteiger partial charge >= 0.3 is 0 Å². The Morgan fingerprint density at radius 3 is 2.73 bits per heavy atom. The standard InChI is InChI=1S/C8H14N2O4S/c1-14-5-4-10-8(11)7-15(12,13)6-2-3-9/h2,4-7H2,1H3,(H,10,11). The molecule has 0 unspecified atom stereocenters. The van der Waals surface area contributed by atoms with Gasteiger partial charge in [0.25, 0.3) is 0 Å². The molecule has 0 atom stereocenters. The Morgan fingerprint density at radius 2 is 2.20 bits per heavy atom. The van der Waals surface area contributed by atoms with Gasteiger partial charge in [0.05, 0.1) is 18.4 Å². The van der Waals surface area contributed by atoms with Crippen LogP contribution < -0.4 is 5.32 Å². The molecule has 0 aromatic heterocycles. The van der Waals surface area contributed by atoms with Crippen molar-refractivity contribution in [3.8, 4) is 6.07 Å². The molecule has 0 saturated carbocycles. The van der Waals surface area contributed by atoms with Crippen LogP contribution in [0.25, 0.3) is 0 Å². The summed E-state index contributed by atoms with van der Waals surface area (Å²) in [6.07, 6.45) is -0.0896. The quantitative estimate of drug-likeness (QED) is 0.574. The van der Waals surface area contributed by atoms with Gasteiger partial charge in [-0.25, -0.2) is 8.42 Å². The van der Waals surface area contributed by atoms with Crippen LogP contribution in [0.1, 0.15) is 6.42 Å². The molecule has 86 valence electrons. The second-order valence-electron chi connectivity index (χ2n) is 2.84. The van der Waals surface area contributed by atoms with E-state index in [-0.39, 0.29) is 18.7 Å². The monoisotopic (exact) mass is 234 g/mol. The van der Waals surface area contributed by atoms with E-state index < -0.39 is 21.5 Å². The number of hydrogen-bond acceptors (Lipinski definition) is 5. The first kappa shape index (κ1) is 13.9. The van der Waals surface area contributed by atoms with E-state index in [2.05, 4.69) is 10.1 Å². The zero-order valence-corrected chi connectivity index (χ0v) is 9.34. The minimum absolute atomic E-state index is 0.0896. The zero-order chi connectivity index (χ0) is 11.7. The Kier molecular flexibility index (Phi) is 6.66. The van der Waals surface area contributed by atoms with Crippen LogP contribution in [0.2, 0.25) is 0 Å². The Labute approximate surface area is 89.1 Å². The second kappa shape index (κ2) is 7.20. The van der Waals surface area contributed by atoms with Crippen molar-refractivity contribution in [2.75, 3.05) is 31.8 Å². The zero-order valence-electron chi connectivity index (χ0n) is 8.52. The molecule has 0 spiro atoms. The van der Waals surface area contributed by atoms with Crippen molar-refractivity contribution in [3.63, 3.8) is 0 Å². The van der Waals surface area contributed by atoms with Crippen LogP contribution in [0, 0.1) is 11.3 Å². The molecule has 0 aliphatic rings. The fraction of sp³-hybridized carbons (Fsp3) is 0.750. The van der Waals surface area contributed by atoms with Gasteiger partial charge in [-0.15, -0.1) is 0 Å². The number of hydrogen-bond donors (Lipinski definition) is 1. The maximum atomic E-state index is 11.2. The van der Waals surface area contributed by atoms with Crippen LogP contribution in [0.3, 0.4) is 0 Å². The third-order valence-corrected chi connectivity index (χ3v) is 3.03. The molecular formula is C8H14N2O4S. The maximum absolute atomic E-state index is 11.2. The van der Waals surface area contributed by atoms with Gasteiger partial charge in [-0.2, -0.15) is 5.26 Å². The summed E-state index contributed by atoms with van der Waals surface area (Å²) in [5.74, 6) is -1.41. The third kappa shape index (κ3) is 7.90. The molecule has 0 heterocycles. The number of amides is 1.